The Kier molecular flexibility index (Phi) is 6.42. The van der Waals surface area contributed by atoms with E-state index >= 15 is 0 Å². The number of rotatable bonds is 4. The first-order valence-electron chi connectivity index (χ1n) is 13.5. The number of primary amides is 1. The van der Waals surface area contributed by atoms with Crippen molar-refractivity contribution in [3.63, 3.8) is 0 Å². The minimum Gasteiger partial charge on any atom is -0.507 e. The van der Waals surface area contributed by atoms with E-state index in [1.165, 1.54) is 11.8 Å². The van der Waals surface area contributed by atoms with E-state index in [9.17, 15) is 34.2 Å². The summed E-state index contributed by atoms with van der Waals surface area (Å²) >= 11 is 0. The molecule has 10 heteroatoms. The molecule has 2 unspecified atom stereocenters. The highest BCUT2D eigenvalue weighted by Crippen LogP contribution is 2.62. The van der Waals surface area contributed by atoms with Gasteiger partial charge in [-0.3, -0.25) is 28.9 Å². The highest BCUT2D eigenvalue weighted by atomic mass is 16.3. The fourth-order valence-corrected chi connectivity index (χ4v) is 7.99. The lowest BCUT2D eigenvalue weighted by molar-refractivity contribution is -0.203. The summed E-state index contributed by atoms with van der Waals surface area (Å²) in [5, 5.41) is 23.3. The second-order valence-corrected chi connectivity index (χ2v) is 12.6. The summed E-state index contributed by atoms with van der Waals surface area (Å²) in [4.78, 5) is 69.7. The molecule has 3 aliphatic rings. The van der Waals surface area contributed by atoms with Crippen molar-refractivity contribution in [2.45, 2.75) is 51.8 Å². The summed E-state index contributed by atoms with van der Waals surface area (Å²) in [5.74, 6) is -9.09. The molecule has 0 saturated heterocycles. The van der Waals surface area contributed by atoms with Crippen molar-refractivity contribution in [3.8, 4) is 16.9 Å². The van der Waals surface area contributed by atoms with Gasteiger partial charge in [0, 0.05) is 17.5 Å². The van der Waals surface area contributed by atoms with Crippen LogP contribution in [0.2, 0.25) is 0 Å². The van der Waals surface area contributed by atoms with Gasteiger partial charge in [0.15, 0.2) is 34.7 Å². The number of aryl methyl sites for hydroxylation is 1. The number of nitrogens with two attached hydrogens (primary N) is 2. The molecule has 2 fully saturated rings. The number of nitrogens with zero attached hydrogens (tertiary/aromatic N) is 1. The highest BCUT2D eigenvalue weighted by molar-refractivity contribution is 6.33. The Hall–Kier alpha value is -3.73. The van der Waals surface area contributed by atoms with Gasteiger partial charge in [0.25, 0.3) is 0 Å². The predicted octanol–water partition coefficient (Wildman–Crippen LogP) is 1.08. The summed E-state index contributed by atoms with van der Waals surface area (Å²) in [7, 11) is 3.12. The zero-order chi connectivity index (χ0) is 30.4. The Morgan fingerprint density at radius 2 is 1.68 bits per heavy atom. The number of carbonyl (C=O) groups excluding carboxylic acids is 5. The molecule has 0 heterocycles. The standard InChI is InChI=1S/C31H35N3O7/c1-14-6-8-15(9-7-14)17-10-16(12-32)22(35)19-18(17)11-29(2)13-30(3)25(34(4)5)24(37)20(28(33)40)26(38)31(30,41)27(39)21(29)23(19)36/h6-10,20-21,25,35,41H,11-13,32H2,1-5H3,(H2,33,40)/t20?,21?,25-,29+,30+,31-/m1/s1. The van der Waals surface area contributed by atoms with Crippen molar-refractivity contribution in [2.24, 2.45) is 34.1 Å². The molecule has 2 aromatic rings. The second-order valence-electron chi connectivity index (χ2n) is 12.6. The van der Waals surface area contributed by atoms with Crippen LogP contribution in [0.1, 0.15) is 47.3 Å². The molecule has 5 rings (SSSR count). The average molecular weight is 562 g/mol. The van der Waals surface area contributed by atoms with Gasteiger partial charge in [0.2, 0.25) is 5.91 Å². The molecule has 2 aromatic carbocycles. The van der Waals surface area contributed by atoms with Crippen molar-refractivity contribution in [2.75, 3.05) is 14.1 Å². The van der Waals surface area contributed by atoms with Crippen molar-refractivity contribution >= 4 is 29.0 Å². The first kappa shape index (κ1) is 28.8. The van der Waals surface area contributed by atoms with Gasteiger partial charge < -0.3 is 21.7 Å². The first-order valence-corrected chi connectivity index (χ1v) is 13.5. The number of phenols is 1. The lowest BCUT2D eigenvalue weighted by Gasteiger charge is -2.61. The Labute approximate surface area is 237 Å². The van der Waals surface area contributed by atoms with Crippen LogP contribution in [-0.2, 0) is 32.1 Å². The third kappa shape index (κ3) is 3.63. The third-order valence-electron chi connectivity index (χ3n) is 9.65. The van der Waals surface area contributed by atoms with E-state index in [0.717, 1.165) is 11.1 Å². The van der Waals surface area contributed by atoms with Gasteiger partial charge in [-0.15, -0.1) is 0 Å². The Morgan fingerprint density at radius 1 is 1.07 bits per heavy atom. The second kappa shape index (κ2) is 9.14. The Balaban J connectivity index is 1.78. The monoisotopic (exact) mass is 561 g/mol. The lowest BCUT2D eigenvalue weighted by Crippen LogP contribution is -2.79. The van der Waals surface area contributed by atoms with E-state index in [1.807, 2.05) is 31.2 Å². The van der Waals surface area contributed by atoms with Crippen LogP contribution in [-0.4, -0.2) is 69.9 Å². The number of likely N-dealkylation sites (N-methyl/N-ethyl adjacent to an activating group) is 1. The van der Waals surface area contributed by atoms with Crippen molar-refractivity contribution in [1.82, 2.24) is 4.90 Å². The quantitative estimate of drug-likeness (QED) is 0.397. The Morgan fingerprint density at radius 3 is 2.22 bits per heavy atom. The summed E-state index contributed by atoms with van der Waals surface area (Å²) in [5.41, 5.74) is 8.96. The average Bonchev–Trinajstić information content (AvgIpc) is 2.86. The third-order valence-corrected chi connectivity index (χ3v) is 9.65. The van der Waals surface area contributed by atoms with Crippen molar-refractivity contribution in [3.05, 3.63) is 52.6 Å². The number of Topliss-reactive ketones (excluding diaryl/α,β-unsaturated/α-hetero) is 4. The van der Waals surface area contributed by atoms with Gasteiger partial charge in [0.1, 0.15) is 5.75 Å². The number of phenolic OH excluding ortho intramolecular Hbond substituents is 1. The molecular weight excluding hydrogens is 526 g/mol. The smallest absolute Gasteiger partial charge is 0.235 e. The number of benzene rings is 2. The SMILES string of the molecule is Cc1ccc(-c2cc(CN)c(O)c3c2C[C@@]2(C)C[C@@]4(C)[C@H](N(C)C)C(=O)C(C(N)=O)C(=O)[C@@]4(O)C(=O)C2C3=O)cc1. The molecule has 2 saturated carbocycles. The first-order chi connectivity index (χ1) is 19.0. The molecule has 0 radical (unpaired) electrons. The van der Waals surface area contributed by atoms with Crippen LogP contribution in [0, 0.1) is 29.6 Å². The van der Waals surface area contributed by atoms with E-state index in [-0.39, 0.29) is 30.7 Å². The number of ketones is 4. The van der Waals surface area contributed by atoms with E-state index in [4.69, 9.17) is 11.5 Å². The number of carbonyl (C=O) groups is 5. The van der Waals surface area contributed by atoms with Crippen LogP contribution in [0.5, 0.6) is 5.75 Å². The van der Waals surface area contributed by atoms with Gasteiger partial charge in [-0.05, 0) is 62.0 Å². The molecule has 0 spiro atoms. The van der Waals surface area contributed by atoms with Gasteiger partial charge >= 0.3 is 0 Å². The molecule has 1 amide bonds. The van der Waals surface area contributed by atoms with E-state index in [1.54, 1.807) is 27.1 Å². The molecule has 41 heavy (non-hydrogen) atoms. The van der Waals surface area contributed by atoms with E-state index in [2.05, 4.69) is 0 Å². The highest BCUT2D eigenvalue weighted by Gasteiger charge is 2.76. The maximum atomic E-state index is 14.4. The largest absolute Gasteiger partial charge is 0.507 e. The van der Waals surface area contributed by atoms with Crippen LogP contribution in [0.25, 0.3) is 11.1 Å². The van der Waals surface area contributed by atoms with Gasteiger partial charge in [-0.1, -0.05) is 43.7 Å². The maximum Gasteiger partial charge on any atom is 0.235 e. The lowest BCUT2D eigenvalue weighted by atomic mass is 9.42. The van der Waals surface area contributed by atoms with Crippen molar-refractivity contribution < 1.29 is 34.2 Å². The number of aliphatic hydroxyl groups is 1. The molecule has 0 aromatic heterocycles. The molecule has 3 aliphatic carbocycles. The molecule has 6 atom stereocenters. The van der Waals surface area contributed by atoms with Crippen LogP contribution >= 0.6 is 0 Å². The van der Waals surface area contributed by atoms with E-state index < -0.39 is 63.3 Å². The van der Waals surface area contributed by atoms with Crippen LogP contribution in [0.15, 0.2) is 30.3 Å². The maximum absolute atomic E-state index is 14.4. The summed E-state index contributed by atoms with van der Waals surface area (Å²) in [6.07, 6.45) is 0.0657. The molecule has 216 valence electrons. The summed E-state index contributed by atoms with van der Waals surface area (Å²) < 4.78 is 0. The Bertz CT molecular complexity index is 1550. The fraction of sp³-hybridized carbons (Fsp3) is 0.452. The molecule has 10 nitrogen and oxygen atoms in total. The number of amides is 1. The minimum atomic E-state index is -2.84. The van der Waals surface area contributed by atoms with Crippen LogP contribution < -0.4 is 11.5 Å². The van der Waals surface area contributed by atoms with E-state index in [0.29, 0.717) is 16.7 Å². The zero-order valence-electron chi connectivity index (χ0n) is 23.8. The summed E-state index contributed by atoms with van der Waals surface area (Å²) in [6, 6.07) is 8.17. The predicted molar refractivity (Wildman–Crippen MR) is 149 cm³/mol. The minimum absolute atomic E-state index is 0.0681. The normalized spacial score (nSPS) is 32.9. The summed E-state index contributed by atoms with van der Waals surface area (Å²) in [6.45, 7) is 5.09. The molecule has 0 bridgehead atoms. The number of aromatic hydroxyl groups is 1. The van der Waals surface area contributed by atoms with Gasteiger partial charge in [-0.25, -0.2) is 0 Å². The van der Waals surface area contributed by atoms with Gasteiger partial charge in [-0.2, -0.15) is 0 Å². The number of hydrogen-bond acceptors (Lipinski definition) is 9. The van der Waals surface area contributed by atoms with Crippen molar-refractivity contribution in [1.29, 1.82) is 0 Å². The molecule has 0 aliphatic heterocycles. The van der Waals surface area contributed by atoms with Crippen LogP contribution in [0.3, 0.4) is 0 Å². The van der Waals surface area contributed by atoms with Crippen LogP contribution in [0.4, 0.5) is 0 Å². The molecular formula is C31H35N3O7. The fourth-order valence-electron chi connectivity index (χ4n) is 7.99. The van der Waals surface area contributed by atoms with Gasteiger partial charge in [0.05, 0.1) is 17.5 Å². The topological polar surface area (TPSA) is 181 Å². The molecule has 6 N–H and O–H groups in total. The zero-order valence-corrected chi connectivity index (χ0v) is 23.8. The number of hydrogen-bond donors (Lipinski definition) is 4. The number of fused-ring (bicyclic) bond motifs is 3.